The summed E-state index contributed by atoms with van der Waals surface area (Å²) in [5.41, 5.74) is 0. The molecule has 0 heterocycles. The highest BCUT2D eigenvalue weighted by atomic mass is 16.6. The number of carbonyl (C=O) groups is 3. The zero-order valence-electron chi connectivity index (χ0n) is 51.8. The van der Waals surface area contributed by atoms with Gasteiger partial charge in [0, 0.05) is 19.3 Å². The van der Waals surface area contributed by atoms with E-state index in [0.29, 0.717) is 19.3 Å². The van der Waals surface area contributed by atoms with Crippen molar-refractivity contribution in [2.45, 2.75) is 406 Å². The number of ether oxygens (including phenoxy) is 3. The van der Waals surface area contributed by atoms with E-state index >= 15 is 0 Å². The van der Waals surface area contributed by atoms with Crippen molar-refractivity contribution < 1.29 is 28.6 Å². The number of hydrogen-bond acceptors (Lipinski definition) is 6. The van der Waals surface area contributed by atoms with Crippen molar-refractivity contribution in [3.05, 3.63) is 12.2 Å². The van der Waals surface area contributed by atoms with E-state index in [2.05, 4.69) is 32.9 Å². The molecule has 76 heavy (non-hydrogen) atoms. The highest BCUT2D eigenvalue weighted by molar-refractivity contribution is 5.71. The highest BCUT2D eigenvalue weighted by Gasteiger charge is 2.19. The molecule has 0 aromatic carbocycles. The van der Waals surface area contributed by atoms with E-state index in [1.165, 1.54) is 295 Å². The first-order valence-electron chi connectivity index (χ1n) is 34.7. The number of esters is 3. The molecular weight excluding hydrogens is 937 g/mol. The highest BCUT2D eigenvalue weighted by Crippen LogP contribution is 2.19. The third-order valence-corrected chi connectivity index (χ3v) is 16.0. The van der Waals surface area contributed by atoms with Gasteiger partial charge in [-0.25, -0.2) is 0 Å². The first kappa shape index (κ1) is 74.2. The maximum absolute atomic E-state index is 12.9. The van der Waals surface area contributed by atoms with Crippen LogP contribution in [0.4, 0.5) is 0 Å². The largest absolute Gasteiger partial charge is 0.462 e. The molecule has 0 aromatic rings. The van der Waals surface area contributed by atoms with Crippen molar-refractivity contribution in [1.82, 2.24) is 0 Å². The van der Waals surface area contributed by atoms with Gasteiger partial charge in [-0.1, -0.05) is 348 Å². The minimum atomic E-state index is -0.769. The zero-order valence-corrected chi connectivity index (χ0v) is 51.8. The van der Waals surface area contributed by atoms with Crippen molar-refractivity contribution in [3.8, 4) is 0 Å². The summed E-state index contributed by atoms with van der Waals surface area (Å²) in [4.78, 5) is 38.3. The number of unbranched alkanes of at least 4 members (excludes halogenated alkanes) is 52. The lowest BCUT2D eigenvalue weighted by atomic mass is 10.0. The van der Waals surface area contributed by atoms with Crippen LogP contribution in [0.1, 0.15) is 400 Å². The second-order valence-corrected chi connectivity index (χ2v) is 23.8. The molecule has 0 spiro atoms. The summed E-state index contributed by atoms with van der Waals surface area (Å²) in [6.07, 6.45) is 78.2. The normalized spacial score (nSPS) is 12.0. The summed E-state index contributed by atoms with van der Waals surface area (Å²) < 4.78 is 17.0. The molecule has 0 rings (SSSR count). The Bertz CT molecular complexity index is 1180. The predicted molar refractivity (Wildman–Crippen MR) is 330 cm³/mol. The van der Waals surface area contributed by atoms with Crippen LogP contribution >= 0.6 is 0 Å². The monoisotopic (exact) mass is 1070 g/mol. The standard InChI is InChI=1S/C70H134O6/c1-4-7-10-13-16-19-22-25-27-29-30-31-32-33-34-35-36-37-38-39-40-41-43-45-48-51-54-57-60-63-69(72)75-66-67(65-74-68(71)62-59-56-53-50-47-44-24-21-18-15-12-9-6-3)76-70(73)64-61-58-55-52-49-46-42-28-26-23-20-17-14-11-8-5-2/h21,24,67H,4-20,22-23,25-66H2,1-3H3/b24-21-. The van der Waals surface area contributed by atoms with Gasteiger partial charge in [0.2, 0.25) is 0 Å². The van der Waals surface area contributed by atoms with E-state index in [4.69, 9.17) is 14.2 Å². The van der Waals surface area contributed by atoms with Gasteiger partial charge in [0.05, 0.1) is 0 Å². The fraction of sp³-hybridized carbons (Fsp3) is 0.929. The Hall–Kier alpha value is -1.85. The number of allylic oxidation sites excluding steroid dienone is 2. The van der Waals surface area contributed by atoms with Crippen LogP contribution in [0, 0.1) is 0 Å². The van der Waals surface area contributed by atoms with Gasteiger partial charge in [-0.3, -0.25) is 14.4 Å². The SMILES string of the molecule is CCCCCC/C=C\CCCCCCCC(=O)OCC(COC(=O)CCCCCCCCCCCCCCCCCCCCCCCCCCCCCCC)OC(=O)CCCCCCCCCCCCCCCCCC. The molecule has 0 amide bonds. The Balaban J connectivity index is 4.13. The number of carbonyl (C=O) groups excluding carboxylic acids is 3. The lowest BCUT2D eigenvalue weighted by Gasteiger charge is -2.18. The molecule has 0 saturated heterocycles. The van der Waals surface area contributed by atoms with Crippen LogP contribution in [-0.2, 0) is 28.6 Å². The fourth-order valence-corrected chi connectivity index (χ4v) is 10.8. The van der Waals surface area contributed by atoms with Crippen LogP contribution in [0.25, 0.3) is 0 Å². The maximum atomic E-state index is 12.9. The van der Waals surface area contributed by atoms with Crippen LogP contribution < -0.4 is 0 Å². The van der Waals surface area contributed by atoms with Crippen LogP contribution in [0.5, 0.6) is 0 Å². The van der Waals surface area contributed by atoms with Crippen LogP contribution in [-0.4, -0.2) is 37.2 Å². The van der Waals surface area contributed by atoms with Gasteiger partial charge < -0.3 is 14.2 Å². The zero-order chi connectivity index (χ0) is 55.0. The topological polar surface area (TPSA) is 78.9 Å². The van der Waals surface area contributed by atoms with E-state index in [1.807, 2.05) is 0 Å². The Kier molecular flexibility index (Phi) is 64.1. The minimum Gasteiger partial charge on any atom is -0.462 e. The fourth-order valence-electron chi connectivity index (χ4n) is 10.8. The first-order valence-corrected chi connectivity index (χ1v) is 34.7. The molecule has 0 saturated carbocycles. The van der Waals surface area contributed by atoms with E-state index in [1.54, 1.807) is 0 Å². The quantitative estimate of drug-likeness (QED) is 0.0261. The van der Waals surface area contributed by atoms with E-state index < -0.39 is 6.10 Å². The van der Waals surface area contributed by atoms with E-state index in [9.17, 15) is 14.4 Å². The molecule has 6 nitrogen and oxygen atoms in total. The smallest absolute Gasteiger partial charge is 0.306 e. The first-order chi connectivity index (χ1) is 37.5. The van der Waals surface area contributed by atoms with Gasteiger partial charge >= 0.3 is 17.9 Å². The lowest BCUT2D eigenvalue weighted by molar-refractivity contribution is -0.167. The van der Waals surface area contributed by atoms with Gasteiger partial charge in [0.25, 0.3) is 0 Å². The van der Waals surface area contributed by atoms with Crippen molar-refractivity contribution in [1.29, 1.82) is 0 Å². The van der Waals surface area contributed by atoms with Crippen molar-refractivity contribution in [3.63, 3.8) is 0 Å². The predicted octanol–water partition coefficient (Wildman–Crippen LogP) is 23.6. The van der Waals surface area contributed by atoms with Crippen LogP contribution in [0.3, 0.4) is 0 Å². The molecule has 1 unspecified atom stereocenters. The molecular formula is C70H134O6. The van der Waals surface area contributed by atoms with Gasteiger partial charge in [-0.15, -0.1) is 0 Å². The average Bonchev–Trinajstić information content (AvgIpc) is 3.42. The van der Waals surface area contributed by atoms with Crippen molar-refractivity contribution in [2.75, 3.05) is 13.2 Å². The second kappa shape index (κ2) is 65.7. The Morgan fingerprint density at radius 1 is 0.250 bits per heavy atom. The second-order valence-electron chi connectivity index (χ2n) is 23.8. The number of hydrogen-bond donors (Lipinski definition) is 0. The molecule has 0 fully saturated rings. The molecule has 0 aliphatic heterocycles. The summed E-state index contributed by atoms with van der Waals surface area (Å²) >= 11 is 0. The maximum Gasteiger partial charge on any atom is 0.306 e. The van der Waals surface area contributed by atoms with E-state index in [0.717, 1.165) is 64.2 Å². The molecule has 0 aromatic heterocycles. The van der Waals surface area contributed by atoms with Gasteiger partial charge in [-0.2, -0.15) is 0 Å². The van der Waals surface area contributed by atoms with Gasteiger partial charge in [0.1, 0.15) is 13.2 Å². The summed E-state index contributed by atoms with van der Waals surface area (Å²) in [5, 5.41) is 0. The molecule has 1 atom stereocenters. The summed E-state index contributed by atoms with van der Waals surface area (Å²) in [5.74, 6) is -0.843. The third kappa shape index (κ3) is 63.0. The summed E-state index contributed by atoms with van der Waals surface area (Å²) in [6, 6.07) is 0. The third-order valence-electron chi connectivity index (χ3n) is 16.0. The summed E-state index contributed by atoms with van der Waals surface area (Å²) in [7, 11) is 0. The molecule has 450 valence electrons. The molecule has 0 aliphatic carbocycles. The summed E-state index contributed by atoms with van der Waals surface area (Å²) in [6.45, 7) is 6.70. The van der Waals surface area contributed by atoms with Crippen LogP contribution in [0.2, 0.25) is 0 Å². The molecule has 6 heteroatoms. The minimum absolute atomic E-state index is 0.0659. The average molecular weight is 1070 g/mol. The van der Waals surface area contributed by atoms with Crippen molar-refractivity contribution >= 4 is 17.9 Å². The van der Waals surface area contributed by atoms with Gasteiger partial charge in [0.15, 0.2) is 6.10 Å². The molecule has 0 aliphatic rings. The molecule has 0 bridgehead atoms. The van der Waals surface area contributed by atoms with Crippen molar-refractivity contribution in [2.24, 2.45) is 0 Å². The number of rotatable bonds is 65. The Morgan fingerprint density at radius 2 is 0.434 bits per heavy atom. The van der Waals surface area contributed by atoms with E-state index in [-0.39, 0.29) is 31.1 Å². The molecule has 0 N–H and O–H groups in total. The Morgan fingerprint density at radius 3 is 0.671 bits per heavy atom. The van der Waals surface area contributed by atoms with Crippen LogP contribution in [0.15, 0.2) is 12.2 Å². The van der Waals surface area contributed by atoms with Gasteiger partial charge in [-0.05, 0) is 44.9 Å². The Labute approximate surface area is 475 Å². The molecule has 0 radical (unpaired) electrons. The lowest BCUT2D eigenvalue weighted by Crippen LogP contribution is -2.30.